The van der Waals surface area contributed by atoms with Crippen LogP contribution < -0.4 is 4.90 Å². The second-order valence-corrected chi connectivity index (χ2v) is 7.56. The lowest BCUT2D eigenvalue weighted by Gasteiger charge is -2.24. The van der Waals surface area contributed by atoms with Gasteiger partial charge < -0.3 is 14.5 Å². The maximum atomic E-state index is 13.2. The van der Waals surface area contributed by atoms with Crippen molar-refractivity contribution < 1.29 is 9.53 Å². The Balaban J connectivity index is 1.63. The molecule has 0 radical (unpaired) electrons. The van der Waals surface area contributed by atoms with Crippen LogP contribution in [0.3, 0.4) is 0 Å². The lowest BCUT2D eigenvalue weighted by molar-refractivity contribution is 0.0768. The summed E-state index contributed by atoms with van der Waals surface area (Å²) >= 11 is 0. The number of anilines is 1. The van der Waals surface area contributed by atoms with E-state index in [1.807, 2.05) is 4.90 Å². The van der Waals surface area contributed by atoms with Crippen molar-refractivity contribution in [1.29, 1.82) is 0 Å². The van der Waals surface area contributed by atoms with E-state index in [1.165, 1.54) is 12.8 Å². The number of rotatable bonds is 4. The molecule has 0 spiro atoms. The molecule has 1 unspecified atom stereocenters. The van der Waals surface area contributed by atoms with E-state index in [2.05, 4.69) is 4.90 Å². The Labute approximate surface area is 149 Å². The zero-order valence-corrected chi connectivity index (χ0v) is 15.2. The number of likely N-dealkylation sites (tertiary alicyclic amines) is 1. The summed E-state index contributed by atoms with van der Waals surface area (Å²) in [6, 6.07) is 0. The van der Waals surface area contributed by atoms with Crippen LogP contribution in [0.5, 0.6) is 0 Å². The van der Waals surface area contributed by atoms with Crippen LogP contribution >= 0.6 is 0 Å². The topological polar surface area (TPSA) is 58.6 Å². The third-order valence-corrected chi connectivity index (χ3v) is 5.74. The minimum atomic E-state index is 0.0969. The third-order valence-electron chi connectivity index (χ3n) is 5.74. The fourth-order valence-electron chi connectivity index (χ4n) is 4.36. The number of ether oxygens (including phenoxy) is 1. The second-order valence-electron chi connectivity index (χ2n) is 7.56. The minimum Gasteiger partial charge on any atom is -0.384 e. The molecule has 25 heavy (non-hydrogen) atoms. The van der Waals surface area contributed by atoms with Crippen LogP contribution in [0.2, 0.25) is 0 Å². The van der Waals surface area contributed by atoms with E-state index in [0.29, 0.717) is 11.6 Å². The molecular formula is C19H28N4O2. The van der Waals surface area contributed by atoms with Gasteiger partial charge in [-0.25, -0.2) is 9.97 Å². The maximum absolute atomic E-state index is 13.2. The Morgan fingerprint density at radius 1 is 1.12 bits per heavy atom. The highest BCUT2D eigenvalue weighted by atomic mass is 16.5. The molecule has 1 aromatic heterocycles. The van der Waals surface area contributed by atoms with Crippen molar-refractivity contribution in [3.8, 4) is 0 Å². The summed E-state index contributed by atoms with van der Waals surface area (Å²) in [6.45, 7) is 4.33. The van der Waals surface area contributed by atoms with Gasteiger partial charge in [0.15, 0.2) is 0 Å². The molecule has 4 rings (SSSR count). The summed E-state index contributed by atoms with van der Waals surface area (Å²) < 4.78 is 5.27. The van der Waals surface area contributed by atoms with Crippen molar-refractivity contribution in [2.75, 3.05) is 44.8 Å². The normalized spacial score (nSPS) is 23.2. The zero-order chi connectivity index (χ0) is 17.2. The van der Waals surface area contributed by atoms with E-state index < -0.39 is 0 Å². The van der Waals surface area contributed by atoms with Crippen LogP contribution in [0.1, 0.15) is 53.8 Å². The van der Waals surface area contributed by atoms with Gasteiger partial charge in [0, 0.05) is 50.5 Å². The van der Waals surface area contributed by atoms with Crippen LogP contribution in [0.4, 0.5) is 5.95 Å². The summed E-state index contributed by atoms with van der Waals surface area (Å²) in [5.41, 5.74) is 2.89. The molecule has 3 heterocycles. The first kappa shape index (κ1) is 16.8. The number of aryl methyl sites for hydroxylation is 1. The standard InChI is InChI=1S/C19H28N4O2/c1-25-13-14-8-11-23(12-14)18(24)17-15-6-2-3-7-16(15)20-19(21-17)22-9-4-5-10-22/h14H,2-13H2,1H3. The van der Waals surface area contributed by atoms with Crippen molar-refractivity contribution in [3.05, 3.63) is 17.0 Å². The first-order valence-electron chi connectivity index (χ1n) is 9.69. The maximum Gasteiger partial charge on any atom is 0.272 e. The Bertz CT molecular complexity index is 643. The number of fused-ring (bicyclic) bond motifs is 1. The largest absolute Gasteiger partial charge is 0.384 e. The number of carbonyl (C=O) groups is 1. The summed E-state index contributed by atoms with van der Waals surface area (Å²) in [5.74, 6) is 1.32. The average molecular weight is 344 g/mol. The first-order valence-corrected chi connectivity index (χ1v) is 9.69. The summed E-state index contributed by atoms with van der Waals surface area (Å²) in [5, 5.41) is 0. The number of aromatic nitrogens is 2. The van der Waals surface area contributed by atoms with Crippen LogP contribution in [0, 0.1) is 5.92 Å². The molecule has 1 aromatic rings. The highest BCUT2D eigenvalue weighted by molar-refractivity contribution is 5.94. The number of nitrogens with zero attached hydrogens (tertiary/aromatic N) is 4. The SMILES string of the molecule is COCC1CCN(C(=O)c2nc(N3CCCC3)nc3c2CCCC3)C1. The molecule has 136 valence electrons. The van der Waals surface area contributed by atoms with Gasteiger partial charge in [-0.2, -0.15) is 0 Å². The van der Waals surface area contributed by atoms with Crippen molar-refractivity contribution in [1.82, 2.24) is 14.9 Å². The molecule has 1 atom stereocenters. The molecule has 0 bridgehead atoms. The van der Waals surface area contributed by atoms with Crippen molar-refractivity contribution >= 4 is 11.9 Å². The molecule has 6 nitrogen and oxygen atoms in total. The molecule has 3 aliphatic rings. The number of hydrogen-bond donors (Lipinski definition) is 0. The Kier molecular flexibility index (Phi) is 4.88. The second kappa shape index (κ2) is 7.28. The first-order chi connectivity index (χ1) is 12.3. The predicted molar refractivity (Wildman–Crippen MR) is 96.0 cm³/mol. The number of hydrogen-bond acceptors (Lipinski definition) is 5. The lowest BCUT2D eigenvalue weighted by atomic mass is 9.94. The van der Waals surface area contributed by atoms with Gasteiger partial charge in [-0.05, 0) is 44.9 Å². The molecule has 6 heteroatoms. The highest BCUT2D eigenvalue weighted by Gasteiger charge is 2.31. The van der Waals surface area contributed by atoms with Crippen molar-refractivity contribution in [3.63, 3.8) is 0 Å². The number of amides is 1. The predicted octanol–water partition coefficient (Wildman–Crippen LogP) is 2.06. The third kappa shape index (κ3) is 3.36. The highest BCUT2D eigenvalue weighted by Crippen LogP contribution is 2.28. The molecular weight excluding hydrogens is 316 g/mol. The van der Waals surface area contributed by atoms with E-state index in [9.17, 15) is 4.79 Å². The van der Waals surface area contributed by atoms with Gasteiger partial charge in [0.05, 0.1) is 6.61 Å². The average Bonchev–Trinajstić information content (AvgIpc) is 3.32. The van der Waals surface area contributed by atoms with E-state index in [-0.39, 0.29) is 5.91 Å². The molecule has 0 saturated carbocycles. The van der Waals surface area contributed by atoms with Gasteiger partial charge in [-0.1, -0.05) is 0 Å². The van der Waals surface area contributed by atoms with E-state index in [4.69, 9.17) is 14.7 Å². The Morgan fingerprint density at radius 2 is 1.92 bits per heavy atom. The fourth-order valence-corrected chi connectivity index (χ4v) is 4.36. The molecule has 0 aromatic carbocycles. The van der Waals surface area contributed by atoms with Crippen LogP contribution in [-0.4, -0.2) is 60.7 Å². The fraction of sp³-hybridized carbons (Fsp3) is 0.737. The molecule has 2 aliphatic heterocycles. The summed E-state index contributed by atoms with van der Waals surface area (Å²) in [6.07, 6.45) is 7.61. The minimum absolute atomic E-state index is 0.0969. The van der Waals surface area contributed by atoms with Crippen LogP contribution in [0.25, 0.3) is 0 Å². The molecule has 2 saturated heterocycles. The summed E-state index contributed by atoms with van der Waals surface area (Å²) in [4.78, 5) is 27.0. The van der Waals surface area contributed by atoms with Gasteiger partial charge in [0.2, 0.25) is 5.95 Å². The van der Waals surface area contributed by atoms with Crippen LogP contribution in [0.15, 0.2) is 0 Å². The van der Waals surface area contributed by atoms with E-state index >= 15 is 0 Å². The quantitative estimate of drug-likeness (QED) is 0.837. The van der Waals surface area contributed by atoms with E-state index in [1.54, 1.807) is 7.11 Å². The lowest BCUT2D eigenvalue weighted by Crippen LogP contribution is -2.33. The van der Waals surface area contributed by atoms with Crippen LogP contribution in [-0.2, 0) is 17.6 Å². The number of carbonyl (C=O) groups excluding carboxylic acids is 1. The van der Waals surface area contributed by atoms with E-state index in [0.717, 1.165) is 82.1 Å². The molecule has 0 N–H and O–H groups in total. The smallest absolute Gasteiger partial charge is 0.272 e. The Hall–Kier alpha value is -1.69. The monoisotopic (exact) mass is 344 g/mol. The molecule has 1 amide bonds. The summed E-state index contributed by atoms with van der Waals surface area (Å²) in [7, 11) is 1.73. The van der Waals surface area contributed by atoms with Crippen molar-refractivity contribution in [2.24, 2.45) is 5.92 Å². The zero-order valence-electron chi connectivity index (χ0n) is 15.2. The van der Waals surface area contributed by atoms with Gasteiger partial charge >= 0.3 is 0 Å². The van der Waals surface area contributed by atoms with Gasteiger partial charge in [-0.15, -0.1) is 0 Å². The molecule has 1 aliphatic carbocycles. The number of methoxy groups -OCH3 is 1. The van der Waals surface area contributed by atoms with Gasteiger partial charge in [0.25, 0.3) is 5.91 Å². The van der Waals surface area contributed by atoms with Crippen molar-refractivity contribution in [2.45, 2.75) is 44.9 Å². The van der Waals surface area contributed by atoms with Gasteiger partial charge in [-0.3, -0.25) is 4.79 Å². The van der Waals surface area contributed by atoms with Gasteiger partial charge in [0.1, 0.15) is 5.69 Å². The molecule has 2 fully saturated rings. The Morgan fingerprint density at radius 3 is 2.72 bits per heavy atom.